The van der Waals surface area contributed by atoms with Crippen LogP contribution >= 0.6 is 0 Å². The summed E-state index contributed by atoms with van der Waals surface area (Å²) in [5.74, 6) is 0.742. The third kappa shape index (κ3) is 3.61. The highest BCUT2D eigenvalue weighted by atomic mass is 15.1. The summed E-state index contributed by atoms with van der Waals surface area (Å²) in [5, 5.41) is 10.6. The van der Waals surface area contributed by atoms with Crippen LogP contribution < -0.4 is 0 Å². The second kappa shape index (κ2) is 7.89. The average molecular weight is 382 g/mol. The third-order valence-corrected chi connectivity index (χ3v) is 6.74. The van der Waals surface area contributed by atoms with Crippen molar-refractivity contribution in [1.29, 1.82) is 5.26 Å². The first-order valence-electron chi connectivity index (χ1n) is 10.8. The Hall–Kier alpha value is -2.83. The zero-order chi connectivity index (χ0) is 19.6. The molecule has 146 valence electrons. The molecule has 0 amide bonds. The molecule has 1 aromatic heterocycles. The van der Waals surface area contributed by atoms with Crippen LogP contribution in [0.3, 0.4) is 0 Å². The second-order valence-corrected chi connectivity index (χ2v) is 8.47. The van der Waals surface area contributed by atoms with E-state index in [1.54, 1.807) is 0 Å². The first-order chi connectivity index (χ1) is 14.3. The molecule has 3 nitrogen and oxygen atoms in total. The van der Waals surface area contributed by atoms with E-state index in [1.165, 1.54) is 47.2 Å². The molecule has 2 aromatic carbocycles. The van der Waals surface area contributed by atoms with Gasteiger partial charge >= 0.3 is 0 Å². The Morgan fingerprint density at radius 2 is 1.97 bits per heavy atom. The lowest BCUT2D eigenvalue weighted by atomic mass is 9.84. The van der Waals surface area contributed by atoms with E-state index >= 15 is 0 Å². The summed E-state index contributed by atoms with van der Waals surface area (Å²) in [4.78, 5) is 6.14. The number of nitrogens with zero attached hydrogens (tertiary/aromatic N) is 2. The predicted molar refractivity (Wildman–Crippen MR) is 119 cm³/mol. The van der Waals surface area contributed by atoms with Crippen molar-refractivity contribution in [2.45, 2.75) is 32.1 Å². The molecule has 1 unspecified atom stereocenters. The highest BCUT2D eigenvalue weighted by Gasteiger charge is 2.24. The molecule has 0 radical (unpaired) electrons. The second-order valence-electron chi connectivity index (χ2n) is 8.47. The molecular weight excluding hydrogens is 354 g/mol. The van der Waals surface area contributed by atoms with E-state index < -0.39 is 0 Å². The van der Waals surface area contributed by atoms with E-state index in [0.29, 0.717) is 0 Å². The molecule has 1 N–H and O–H groups in total. The zero-order valence-electron chi connectivity index (χ0n) is 16.8. The molecule has 29 heavy (non-hydrogen) atoms. The molecule has 1 atom stereocenters. The van der Waals surface area contributed by atoms with Crippen LogP contribution in [0.5, 0.6) is 0 Å². The number of aromatic amines is 1. The van der Waals surface area contributed by atoms with Gasteiger partial charge in [-0.15, -0.1) is 0 Å². The summed E-state index contributed by atoms with van der Waals surface area (Å²) in [7, 11) is 0. The molecule has 1 aliphatic heterocycles. The van der Waals surface area contributed by atoms with Gasteiger partial charge in [0, 0.05) is 24.2 Å². The van der Waals surface area contributed by atoms with Crippen molar-refractivity contribution >= 4 is 16.5 Å². The van der Waals surface area contributed by atoms with E-state index in [1.807, 2.05) is 12.1 Å². The minimum atomic E-state index is 0.742. The van der Waals surface area contributed by atoms with Gasteiger partial charge in [0.15, 0.2) is 0 Å². The molecule has 3 heteroatoms. The fraction of sp³-hybridized carbons (Fsp3) is 0.346. The van der Waals surface area contributed by atoms with Crippen LogP contribution in [0.4, 0.5) is 0 Å². The molecule has 3 aromatic rings. The van der Waals surface area contributed by atoms with Crippen LogP contribution in [-0.4, -0.2) is 29.5 Å². The topological polar surface area (TPSA) is 42.8 Å². The van der Waals surface area contributed by atoms with Crippen LogP contribution in [0, 0.1) is 17.2 Å². The van der Waals surface area contributed by atoms with E-state index in [4.69, 9.17) is 0 Å². The quantitative estimate of drug-likeness (QED) is 0.664. The summed E-state index contributed by atoms with van der Waals surface area (Å²) >= 11 is 0. The number of benzene rings is 2. The van der Waals surface area contributed by atoms with Gasteiger partial charge in [0.2, 0.25) is 0 Å². The van der Waals surface area contributed by atoms with Crippen molar-refractivity contribution in [3.63, 3.8) is 0 Å². The Morgan fingerprint density at radius 3 is 2.76 bits per heavy atom. The Kier molecular flexibility index (Phi) is 4.96. The minimum Gasteiger partial charge on any atom is -0.357 e. The molecule has 0 bridgehead atoms. The monoisotopic (exact) mass is 381 g/mol. The number of nitrogens with one attached hydrogen (secondary N) is 1. The summed E-state index contributed by atoms with van der Waals surface area (Å²) in [6.45, 7) is 3.42. The van der Waals surface area contributed by atoms with E-state index in [0.717, 1.165) is 49.4 Å². The molecule has 0 saturated carbocycles. The Bertz CT molecular complexity index is 1080. The van der Waals surface area contributed by atoms with Crippen molar-refractivity contribution in [2.75, 3.05) is 19.6 Å². The molecule has 5 rings (SSSR count). The minimum absolute atomic E-state index is 0.742. The number of aromatic nitrogens is 1. The number of fused-ring (bicyclic) bond motifs is 3. The van der Waals surface area contributed by atoms with Gasteiger partial charge in [0.25, 0.3) is 0 Å². The lowest BCUT2D eigenvalue weighted by Gasteiger charge is -2.29. The van der Waals surface area contributed by atoms with E-state index in [9.17, 15) is 5.26 Å². The number of rotatable bonds is 4. The number of hydrogen-bond acceptors (Lipinski definition) is 2. The van der Waals surface area contributed by atoms with Crippen LogP contribution in [-0.2, 0) is 12.8 Å². The first-order valence-corrected chi connectivity index (χ1v) is 10.8. The van der Waals surface area contributed by atoms with Gasteiger partial charge in [0.1, 0.15) is 6.07 Å². The lowest BCUT2D eigenvalue weighted by molar-refractivity contribution is 0.265. The van der Waals surface area contributed by atoms with Crippen LogP contribution in [0.15, 0.2) is 54.6 Å². The SMILES string of the molecule is N#Cc1cccc2c3c([nH]c12)CCC(CCN1CC=C(c2ccccc2)CC1)C3. The van der Waals surface area contributed by atoms with Crippen molar-refractivity contribution in [2.24, 2.45) is 5.92 Å². The smallest absolute Gasteiger partial charge is 0.101 e. The summed E-state index contributed by atoms with van der Waals surface area (Å²) in [6, 6.07) is 19.2. The Labute approximate surface area is 172 Å². The number of hydrogen-bond donors (Lipinski definition) is 1. The molecular formula is C26H27N3. The maximum Gasteiger partial charge on any atom is 0.101 e. The van der Waals surface area contributed by atoms with E-state index in [-0.39, 0.29) is 0 Å². The van der Waals surface area contributed by atoms with Gasteiger partial charge in [-0.05, 0) is 67.3 Å². The maximum absolute atomic E-state index is 9.39. The highest BCUT2D eigenvalue weighted by Crippen LogP contribution is 2.34. The summed E-state index contributed by atoms with van der Waals surface area (Å²) < 4.78 is 0. The Balaban J connectivity index is 1.22. The fourth-order valence-electron chi connectivity index (χ4n) is 5.05. The van der Waals surface area contributed by atoms with Gasteiger partial charge < -0.3 is 4.98 Å². The zero-order valence-corrected chi connectivity index (χ0v) is 16.8. The normalized spacial score (nSPS) is 19.6. The number of H-pyrrole nitrogens is 1. The molecule has 0 spiro atoms. The van der Waals surface area contributed by atoms with Crippen molar-refractivity contribution in [3.05, 3.63) is 77.0 Å². The highest BCUT2D eigenvalue weighted by molar-refractivity contribution is 5.89. The standard InChI is InChI=1S/C26H27N3/c27-18-22-7-4-8-23-24-17-19(9-10-25(24)28-26(22)23)11-14-29-15-12-21(13-16-29)20-5-2-1-3-6-20/h1-8,12,19,28H,9-11,13-17H2. The largest absolute Gasteiger partial charge is 0.357 e. The van der Waals surface area contributed by atoms with Crippen molar-refractivity contribution < 1.29 is 0 Å². The number of para-hydroxylation sites is 1. The molecule has 0 saturated heterocycles. The van der Waals surface area contributed by atoms with Gasteiger partial charge in [-0.25, -0.2) is 0 Å². The molecule has 1 aliphatic carbocycles. The van der Waals surface area contributed by atoms with Gasteiger partial charge in [0.05, 0.1) is 11.1 Å². The lowest BCUT2D eigenvalue weighted by Crippen LogP contribution is -2.31. The van der Waals surface area contributed by atoms with Crippen LogP contribution in [0.2, 0.25) is 0 Å². The van der Waals surface area contributed by atoms with Gasteiger partial charge in [-0.1, -0.05) is 48.5 Å². The fourth-order valence-corrected chi connectivity index (χ4v) is 5.05. The van der Waals surface area contributed by atoms with Crippen molar-refractivity contribution in [1.82, 2.24) is 9.88 Å². The predicted octanol–water partition coefficient (Wildman–Crippen LogP) is 5.32. The molecule has 2 heterocycles. The average Bonchev–Trinajstić information content (AvgIpc) is 3.17. The first kappa shape index (κ1) is 18.2. The Morgan fingerprint density at radius 1 is 1.07 bits per heavy atom. The molecule has 2 aliphatic rings. The number of nitriles is 1. The van der Waals surface area contributed by atoms with Crippen LogP contribution in [0.25, 0.3) is 16.5 Å². The summed E-state index contributed by atoms with van der Waals surface area (Å²) in [6.07, 6.45) is 8.33. The maximum atomic E-state index is 9.39. The van der Waals surface area contributed by atoms with Crippen LogP contribution in [0.1, 0.15) is 41.6 Å². The van der Waals surface area contributed by atoms with Gasteiger partial charge in [-0.3, -0.25) is 4.90 Å². The number of aryl methyl sites for hydroxylation is 1. The summed E-state index contributed by atoms with van der Waals surface area (Å²) in [5.41, 5.74) is 7.49. The van der Waals surface area contributed by atoms with E-state index in [2.05, 4.69) is 58.4 Å². The van der Waals surface area contributed by atoms with Crippen molar-refractivity contribution in [3.8, 4) is 6.07 Å². The van der Waals surface area contributed by atoms with Gasteiger partial charge in [-0.2, -0.15) is 5.26 Å². The third-order valence-electron chi connectivity index (χ3n) is 6.74. The molecule has 0 fully saturated rings.